The third-order valence-electron chi connectivity index (χ3n) is 4.36. The van der Waals surface area contributed by atoms with Crippen molar-refractivity contribution < 1.29 is 26.7 Å². The number of hydrogen-bond acceptors (Lipinski definition) is 2. The monoisotopic (exact) mass is 556 g/mol. The predicted molar refractivity (Wildman–Crippen MR) is 118 cm³/mol. The minimum atomic E-state index is -4.71. The summed E-state index contributed by atoms with van der Waals surface area (Å²) in [4.78, 5) is 15.6. The van der Waals surface area contributed by atoms with Gasteiger partial charge < -0.3 is 16.4 Å². The summed E-state index contributed by atoms with van der Waals surface area (Å²) in [6, 6.07) is 8.01. The molecule has 0 radical (unpaired) electrons. The van der Waals surface area contributed by atoms with Crippen LogP contribution in [0.3, 0.4) is 0 Å². The molecule has 2 rings (SSSR count). The lowest BCUT2D eigenvalue weighted by Gasteiger charge is -2.18. The number of guanidine groups is 1. The lowest BCUT2D eigenvalue weighted by Crippen LogP contribution is -2.43. The van der Waals surface area contributed by atoms with Gasteiger partial charge in [-0.3, -0.25) is 9.79 Å². The highest BCUT2D eigenvalue weighted by Gasteiger charge is 2.33. The summed E-state index contributed by atoms with van der Waals surface area (Å²) in [7, 11) is 1.41. The van der Waals surface area contributed by atoms with Gasteiger partial charge in [0.25, 0.3) is 0 Å². The lowest BCUT2D eigenvalue weighted by molar-refractivity contribution is -0.138. The number of nitrogens with zero attached hydrogens (tertiary/aromatic N) is 1. The minimum absolute atomic E-state index is 0. The molecule has 0 aromatic heterocycles. The lowest BCUT2D eigenvalue weighted by atomic mass is 9.98. The van der Waals surface area contributed by atoms with Gasteiger partial charge in [0.15, 0.2) is 5.96 Å². The molecule has 4 N–H and O–H groups in total. The Bertz CT molecular complexity index is 903. The topological polar surface area (TPSA) is 79.5 Å². The fourth-order valence-corrected chi connectivity index (χ4v) is 2.76. The first-order chi connectivity index (χ1) is 14.1. The van der Waals surface area contributed by atoms with Crippen LogP contribution in [0.2, 0.25) is 0 Å². The van der Waals surface area contributed by atoms with Crippen LogP contribution in [-0.2, 0) is 23.9 Å². The molecule has 1 atom stereocenters. The third kappa shape index (κ3) is 8.31. The Labute approximate surface area is 193 Å². The van der Waals surface area contributed by atoms with Crippen LogP contribution in [0.1, 0.15) is 16.7 Å². The average molecular weight is 556 g/mol. The van der Waals surface area contributed by atoms with Gasteiger partial charge >= 0.3 is 6.18 Å². The standard InChI is InChI=1S/C20H21F5N4O.HI/c1-27-19(28-10-13-4-7-16(22)9-17(13)20(23,24)25)29-11-14(18(26)30)8-12-2-5-15(21)6-3-12;/h2-7,9,14H,8,10-11H2,1H3,(H2,26,30)(H2,27,28,29);1H. The number of carbonyl (C=O) groups is 1. The van der Waals surface area contributed by atoms with E-state index in [-0.39, 0.29) is 55.0 Å². The van der Waals surface area contributed by atoms with Crippen LogP contribution in [0.5, 0.6) is 0 Å². The van der Waals surface area contributed by atoms with Gasteiger partial charge in [-0.2, -0.15) is 13.2 Å². The molecule has 0 saturated carbocycles. The van der Waals surface area contributed by atoms with Crippen molar-refractivity contribution in [1.82, 2.24) is 10.6 Å². The molecule has 2 aromatic carbocycles. The maximum Gasteiger partial charge on any atom is 0.416 e. The molecule has 31 heavy (non-hydrogen) atoms. The van der Waals surface area contributed by atoms with E-state index < -0.39 is 35.2 Å². The fraction of sp³-hybridized carbons (Fsp3) is 0.300. The highest BCUT2D eigenvalue weighted by atomic mass is 127. The first kappa shape index (κ1) is 26.6. The molecule has 0 spiro atoms. The Morgan fingerprint density at radius 3 is 2.23 bits per heavy atom. The number of nitrogens with two attached hydrogens (primary N) is 1. The quantitative estimate of drug-likeness (QED) is 0.211. The Morgan fingerprint density at radius 1 is 1.06 bits per heavy atom. The second kappa shape index (κ2) is 11.8. The van der Waals surface area contributed by atoms with Crippen LogP contribution in [0.4, 0.5) is 22.0 Å². The second-order valence-corrected chi connectivity index (χ2v) is 6.54. The van der Waals surface area contributed by atoms with Crippen molar-refractivity contribution in [1.29, 1.82) is 0 Å². The molecular weight excluding hydrogens is 534 g/mol. The predicted octanol–water partition coefficient (Wildman–Crippen LogP) is 3.61. The number of nitrogens with one attached hydrogen (secondary N) is 2. The van der Waals surface area contributed by atoms with Crippen molar-refractivity contribution in [2.24, 2.45) is 16.6 Å². The van der Waals surface area contributed by atoms with Crippen LogP contribution in [0.15, 0.2) is 47.5 Å². The number of carbonyl (C=O) groups excluding carboxylic acids is 1. The van der Waals surface area contributed by atoms with E-state index in [1.54, 1.807) is 0 Å². The van der Waals surface area contributed by atoms with Gasteiger partial charge in [-0.1, -0.05) is 18.2 Å². The van der Waals surface area contributed by atoms with Gasteiger partial charge in [-0.05, 0) is 41.8 Å². The second-order valence-electron chi connectivity index (χ2n) is 6.54. The van der Waals surface area contributed by atoms with Crippen molar-refractivity contribution >= 4 is 35.8 Å². The van der Waals surface area contributed by atoms with E-state index in [9.17, 15) is 26.7 Å². The molecule has 11 heteroatoms. The number of rotatable bonds is 7. The van der Waals surface area contributed by atoms with Gasteiger partial charge in [0.1, 0.15) is 11.6 Å². The zero-order valence-corrected chi connectivity index (χ0v) is 18.8. The molecule has 1 amide bonds. The number of amides is 1. The SMILES string of the molecule is CN=C(NCc1ccc(F)cc1C(F)(F)F)NCC(Cc1ccc(F)cc1)C(N)=O.I. The van der Waals surface area contributed by atoms with Gasteiger partial charge in [0.2, 0.25) is 5.91 Å². The molecular formula is C20H22F5IN4O. The molecule has 0 fully saturated rings. The number of benzene rings is 2. The molecule has 0 aliphatic carbocycles. The summed E-state index contributed by atoms with van der Waals surface area (Å²) >= 11 is 0. The number of hydrogen-bond donors (Lipinski definition) is 3. The molecule has 5 nitrogen and oxygen atoms in total. The molecule has 2 aromatic rings. The van der Waals surface area contributed by atoms with E-state index in [4.69, 9.17) is 5.73 Å². The number of halogens is 6. The average Bonchev–Trinajstić information content (AvgIpc) is 2.68. The molecule has 0 bridgehead atoms. The summed E-state index contributed by atoms with van der Waals surface area (Å²) in [5.41, 5.74) is 4.87. The molecule has 170 valence electrons. The number of aliphatic imine (C=N–C) groups is 1. The summed E-state index contributed by atoms with van der Waals surface area (Å²) in [5, 5.41) is 5.53. The highest BCUT2D eigenvalue weighted by Crippen LogP contribution is 2.32. The van der Waals surface area contributed by atoms with Crippen LogP contribution in [0, 0.1) is 17.6 Å². The Morgan fingerprint density at radius 2 is 1.68 bits per heavy atom. The molecule has 1 unspecified atom stereocenters. The Balaban J connectivity index is 0.00000480. The van der Waals surface area contributed by atoms with Crippen LogP contribution in [0.25, 0.3) is 0 Å². The summed E-state index contributed by atoms with van der Waals surface area (Å²) in [5.74, 6) is -2.52. The summed E-state index contributed by atoms with van der Waals surface area (Å²) in [6.45, 7) is -0.212. The Kier molecular flexibility index (Phi) is 10.1. The van der Waals surface area contributed by atoms with E-state index in [0.29, 0.717) is 11.6 Å². The van der Waals surface area contributed by atoms with Crippen molar-refractivity contribution in [3.63, 3.8) is 0 Å². The highest BCUT2D eigenvalue weighted by molar-refractivity contribution is 14.0. The minimum Gasteiger partial charge on any atom is -0.369 e. The molecule has 0 aliphatic heterocycles. The van der Waals surface area contributed by atoms with E-state index in [0.717, 1.165) is 12.1 Å². The van der Waals surface area contributed by atoms with E-state index in [1.807, 2.05) is 0 Å². The van der Waals surface area contributed by atoms with Gasteiger partial charge in [0.05, 0.1) is 11.5 Å². The first-order valence-electron chi connectivity index (χ1n) is 8.94. The van der Waals surface area contributed by atoms with Gasteiger partial charge in [-0.15, -0.1) is 24.0 Å². The zero-order chi connectivity index (χ0) is 22.3. The normalized spacial score (nSPS) is 12.6. The van der Waals surface area contributed by atoms with Crippen molar-refractivity contribution in [3.8, 4) is 0 Å². The van der Waals surface area contributed by atoms with Crippen molar-refractivity contribution in [3.05, 3.63) is 70.8 Å². The molecule has 0 aliphatic rings. The zero-order valence-electron chi connectivity index (χ0n) is 16.5. The van der Waals surface area contributed by atoms with Crippen LogP contribution >= 0.6 is 24.0 Å². The van der Waals surface area contributed by atoms with E-state index >= 15 is 0 Å². The molecule has 0 heterocycles. The number of alkyl halides is 3. The third-order valence-corrected chi connectivity index (χ3v) is 4.36. The summed E-state index contributed by atoms with van der Waals surface area (Å²) < 4.78 is 65.5. The smallest absolute Gasteiger partial charge is 0.369 e. The largest absolute Gasteiger partial charge is 0.416 e. The van der Waals surface area contributed by atoms with Crippen molar-refractivity contribution in [2.75, 3.05) is 13.6 Å². The van der Waals surface area contributed by atoms with E-state index in [1.165, 1.54) is 31.3 Å². The maximum atomic E-state index is 13.2. The maximum absolute atomic E-state index is 13.2. The van der Waals surface area contributed by atoms with Gasteiger partial charge in [0, 0.05) is 20.1 Å². The fourth-order valence-electron chi connectivity index (χ4n) is 2.76. The molecule has 0 saturated heterocycles. The van der Waals surface area contributed by atoms with Crippen LogP contribution in [-0.4, -0.2) is 25.5 Å². The van der Waals surface area contributed by atoms with Crippen molar-refractivity contribution in [2.45, 2.75) is 19.1 Å². The van der Waals surface area contributed by atoms with E-state index in [2.05, 4.69) is 15.6 Å². The Hall–Kier alpha value is -2.44. The summed E-state index contributed by atoms with van der Waals surface area (Å²) in [6.07, 6.45) is -4.46. The van der Waals surface area contributed by atoms with Crippen LogP contribution < -0.4 is 16.4 Å². The first-order valence-corrected chi connectivity index (χ1v) is 8.94. The van der Waals surface area contributed by atoms with Gasteiger partial charge in [-0.25, -0.2) is 8.78 Å². The number of primary amides is 1.